The zero-order valence-electron chi connectivity index (χ0n) is 19.6. The Labute approximate surface area is 180 Å². The molecule has 4 aliphatic rings. The minimum Gasteiger partial charge on any atom is -0.328 e. The van der Waals surface area contributed by atoms with Crippen LogP contribution in [0.1, 0.15) is 98.3 Å². The third-order valence-electron chi connectivity index (χ3n) is 10.6. The lowest BCUT2D eigenvalue weighted by molar-refractivity contribution is -0.115. The summed E-state index contributed by atoms with van der Waals surface area (Å²) in [6.07, 6.45) is 20.6. The molecule has 2 heteroatoms. The minimum atomic E-state index is -0.111. The summed E-state index contributed by atoms with van der Waals surface area (Å²) in [6, 6.07) is 0.456. The van der Waals surface area contributed by atoms with Gasteiger partial charge < -0.3 is 11.5 Å². The average molecular weight is 399 g/mol. The molecule has 0 heterocycles. The molecule has 0 saturated heterocycles. The van der Waals surface area contributed by atoms with Gasteiger partial charge in [-0.1, -0.05) is 13.8 Å². The molecule has 0 spiro atoms. The highest BCUT2D eigenvalue weighted by molar-refractivity contribution is 5.13. The number of nitrogens with two attached hydrogens (primary N) is 2. The first kappa shape index (κ1) is 21.7. The van der Waals surface area contributed by atoms with Crippen molar-refractivity contribution in [3.05, 3.63) is 0 Å². The van der Waals surface area contributed by atoms with E-state index in [1.165, 1.54) is 57.8 Å². The summed E-state index contributed by atoms with van der Waals surface area (Å²) >= 11 is 0. The second-order valence-electron chi connectivity index (χ2n) is 12.7. The number of hydrogen-bond acceptors (Lipinski definition) is 2. The van der Waals surface area contributed by atoms with Crippen LogP contribution >= 0.6 is 0 Å². The van der Waals surface area contributed by atoms with Crippen molar-refractivity contribution in [1.29, 1.82) is 0 Å². The van der Waals surface area contributed by atoms with Gasteiger partial charge in [0.25, 0.3) is 0 Å². The molecule has 0 radical (unpaired) electrons. The topological polar surface area (TPSA) is 52.0 Å². The second-order valence-corrected chi connectivity index (χ2v) is 12.7. The largest absolute Gasteiger partial charge is 0.328 e. The quantitative estimate of drug-likeness (QED) is 0.593. The van der Waals surface area contributed by atoms with E-state index in [4.69, 9.17) is 17.9 Å². The molecule has 9 unspecified atom stereocenters. The smallest absolute Gasteiger partial charge is 0.0234 e. The van der Waals surface area contributed by atoms with Gasteiger partial charge in [-0.05, 0) is 125 Å². The Morgan fingerprint density at radius 3 is 2.38 bits per heavy atom. The van der Waals surface area contributed by atoms with E-state index in [2.05, 4.69) is 33.6 Å². The normalized spacial score (nSPS) is 48.2. The maximum atomic E-state index is 6.37. The average Bonchev–Trinajstić information content (AvgIpc) is 2.99. The summed E-state index contributed by atoms with van der Waals surface area (Å²) < 4.78 is 0. The first-order valence-electron chi connectivity index (χ1n) is 12.6. The molecule has 0 aromatic heterocycles. The van der Waals surface area contributed by atoms with Crippen LogP contribution in [0.15, 0.2) is 0 Å². The molecule has 0 aromatic carbocycles. The van der Waals surface area contributed by atoms with Crippen molar-refractivity contribution in [2.75, 3.05) is 0 Å². The van der Waals surface area contributed by atoms with Crippen LogP contribution in [0, 0.1) is 58.7 Å². The molecular formula is C27H46N2. The second kappa shape index (κ2) is 7.56. The Morgan fingerprint density at radius 1 is 1.00 bits per heavy atom. The summed E-state index contributed by atoms with van der Waals surface area (Å²) in [4.78, 5) is 0. The standard InChI is InChI=1S/C27H46N2/c1-6-18(11-14-25(2,3)29)22-9-10-23-21-8-7-19-17-20(28)12-15-26(19,4)24(21)13-16-27(22,23)5/h1,18-24H,7-17,28-29H2,2-5H3. The van der Waals surface area contributed by atoms with E-state index in [9.17, 15) is 0 Å². The molecule has 0 bridgehead atoms. The van der Waals surface area contributed by atoms with Crippen LogP contribution in [0.4, 0.5) is 0 Å². The zero-order chi connectivity index (χ0) is 21.0. The number of rotatable bonds is 4. The zero-order valence-corrected chi connectivity index (χ0v) is 19.6. The monoisotopic (exact) mass is 398 g/mol. The highest BCUT2D eigenvalue weighted by Gasteiger charge is 2.60. The van der Waals surface area contributed by atoms with Crippen molar-refractivity contribution in [3.8, 4) is 12.3 Å². The molecule has 4 saturated carbocycles. The van der Waals surface area contributed by atoms with Crippen molar-refractivity contribution in [1.82, 2.24) is 0 Å². The lowest BCUT2D eigenvalue weighted by Gasteiger charge is -2.61. The van der Waals surface area contributed by atoms with Crippen LogP contribution in [0.3, 0.4) is 0 Å². The third-order valence-corrected chi connectivity index (χ3v) is 10.6. The summed E-state index contributed by atoms with van der Waals surface area (Å²) in [5.41, 5.74) is 13.6. The first-order chi connectivity index (χ1) is 13.6. The van der Waals surface area contributed by atoms with Crippen LogP contribution in [-0.4, -0.2) is 11.6 Å². The van der Waals surface area contributed by atoms with Crippen molar-refractivity contribution in [3.63, 3.8) is 0 Å². The number of terminal acetylenes is 1. The van der Waals surface area contributed by atoms with Gasteiger partial charge in [-0.15, -0.1) is 12.3 Å². The van der Waals surface area contributed by atoms with Crippen LogP contribution in [0.25, 0.3) is 0 Å². The minimum absolute atomic E-state index is 0.111. The van der Waals surface area contributed by atoms with Gasteiger partial charge >= 0.3 is 0 Å². The fourth-order valence-electron chi connectivity index (χ4n) is 8.92. The molecule has 4 aliphatic carbocycles. The van der Waals surface area contributed by atoms with E-state index in [1.54, 1.807) is 0 Å². The van der Waals surface area contributed by atoms with E-state index in [0.29, 0.717) is 28.7 Å². The Hall–Kier alpha value is -0.520. The van der Waals surface area contributed by atoms with Crippen molar-refractivity contribution >= 4 is 0 Å². The van der Waals surface area contributed by atoms with E-state index in [1.807, 2.05) is 0 Å². The van der Waals surface area contributed by atoms with Gasteiger partial charge in [-0.25, -0.2) is 0 Å². The molecule has 2 nitrogen and oxygen atoms in total. The van der Waals surface area contributed by atoms with Gasteiger partial charge in [-0.2, -0.15) is 0 Å². The van der Waals surface area contributed by atoms with E-state index in [-0.39, 0.29) is 5.54 Å². The van der Waals surface area contributed by atoms with Crippen LogP contribution in [0.2, 0.25) is 0 Å². The molecule has 0 amide bonds. The Bertz CT molecular complexity index is 642. The van der Waals surface area contributed by atoms with Crippen molar-refractivity contribution in [2.45, 2.75) is 110 Å². The molecule has 9 atom stereocenters. The maximum absolute atomic E-state index is 6.37. The van der Waals surface area contributed by atoms with E-state index < -0.39 is 0 Å². The summed E-state index contributed by atoms with van der Waals surface area (Å²) in [5.74, 6) is 7.96. The van der Waals surface area contributed by atoms with Gasteiger partial charge in [0, 0.05) is 17.5 Å². The fraction of sp³-hybridized carbons (Fsp3) is 0.926. The van der Waals surface area contributed by atoms with Gasteiger partial charge in [0.05, 0.1) is 0 Å². The van der Waals surface area contributed by atoms with Gasteiger partial charge in [0.15, 0.2) is 0 Å². The number of hydrogen-bond donors (Lipinski definition) is 2. The van der Waals surface area contributed by atoms with Crippen molar-refractivity contribution < 1.29 is 0 Å². The number of fused-ring (bicyclic) bond motifs is 5. The summed E-state index contributed by atoms with van der Waals surface area (Å²) in [5, 5.41) is 0. The third kappa shape index (κ3) is 3.70. The molecule has 164 valence electrons. The predicted molar refractivity (Wildman–Crippen MR) is 123 cm³/mol. The van der Waals surface area contributed by atoms with Crippen LogP contribution in [0.5, 0.6) is 0 Å². The highest BCUT2D eigenvalue weighted by Crippen LogP contribution is 2.68. The Balaban J connectivity index is 1.52. The lowest BCUT2D eigenvalue weighted by Crippen LogP contribution is -2.54. The summed E-state index contributed by atoms with van der Waals surface area (Å²) in [7, 11) is 0. The molecule has 0 aromatic rings. The molecule has 4 fully saturated rings. The van der Waals surface area contributed by atoms with Crippen LogP contribution < -0.4 is 11.5 Å². The molecular weight excluding hydrogens is 352 g/mol. The fourth-order valence-corrected chi connectivity index (χ4v) is 8.92. The van der Waals surface area contributed by atoms with Crippen molar-refractivity contribution in [2.24, 2.45) is 57.8 Å². The van der Waals surface area contributed by atoms with Gasteiger partial charge in [0.2, 0.25) is 0 Å². The Morgan fingerprint density at radius 2 is 1.69 bits per heavy atom. The summed E-state index contributed by atoms with van der Waals surface area (Å²) in [6.45, 7) is 9.54. The first-order valence-corrected chi connectivity index (χ1v) is 12.6. The van der Waals surface area contributed by atoms with Crippen LogP contribution in [-0.2, 0) is 0 Å². The molecule has 0 aliphatic heterocycles. The van der Waals surface area contributed by atoms with E-state index in [0.717, 1.165) is 36.5 Å². The molecule has 4 N–H and O–H groups in total. The highest BCUT2D eigenvalue weighted by atomic mass is 14.7. The SMILES string of the molecule is C#CC(CCC(C)(C)N)C1CCC2C3CCC4CC(N)CCC4(C)C3CCC12C. The molecule has 4 rings (SSSR count). The lowest BCUT2D eigenvalue weighted by atomic mass is 9.44. The predicted octanol–water partition coefficient (Wildman–Crippen LogP) is 5.74. The van der Waals surface area contributed by atoms with E-state index >= 15 is 0 Å². The Kier molecular flexibility index (Phi) is 5.66. The van der Waals surface area contributed by atoms with Gasteiger partial charge in [-0.3, -0.25) is 0 Å². The molecule has 29 heavy (non-hydrogen) atoms. The maximum Gasteiger partial charge on any atom is 0.0234 e. The van der Waals surface area contributed by atoms with Gasteiger partial charge in [0.1, 0.15) is 0 Å².